The van der Waals surface area contributed by atoms with E-state index < -0.39 is 5.60 Å². The van der Waals surface area contributed by atoms with Gasteiger partial charge in [0.05, 0.1) is 5.60 Å². The quantitative estimate of drug-likeness (QED) is 0.675. The molecule has 2 unspecified atom stereocenters. The molecule has 74 valence electrons. The molecule has 0 aliphatic heterocycles. The average Bonchev–Trinajstić information content (AvgIpc) is 1.85. The van der Waals surface area contributed by atoms with Crippen molar-refractivity contribution in [1.29, 1.82) is 0 Å². The van der Waals surface area contributed by atoms with E-state index in [4.69, 9.17) is 0 Å². The first-order valence-electron chi connectivity index (χ1n) is 5.12. The summed E-state index contributed by atoms with van der Waals surface area (Å²) in [4.78, 5) is 0. The fourth-order valence-electron chi connectivity index (χ4n) is 1.77. The maximum absolute atomic E-state index is 10.1. The SMILES string of the molecule is CCCC(C)C(C)(O)CC(C)C. The standard InChI is InChI=1S/C11H24O/c1-6-7-10(4)11(5,12)8-9(2)3/h9-10,12H,6-8H2,1-5H3. The smallest absolute Gasteiger partial charge is 0.0647 e. The van der Waals surface area contributed by atoms with Gasteiger partial charge in [0, 0.05) is 0 Å². The predicted molar refractivity (Wildman–Crippen MR) is 54.2 cm³/mol. The maximum atomic E-state index is 10.1. The van der Waals surface area contributed by atoms with Gasteiger partial charge in [0.1, 0.15) is 0 Å². The van der Waals surface area contributed by atoms with Crippen LogP contribution in [0.4, 0.5) is 0 Å². The van der Waals surface area contributed by atoms with Gasteiger partial charge in [0.2, 0.25) is 0 Å². The molecule has 0 aliphatic carbocycles. The molecule has 0 fully saturated rings. The second kappa shape index (κ2) is 4.86. The molecule has 0 rings (SSSR count). The Balaban J connectivity index is 3.99. The van der Waals surface area contributed by atoms with E-state index in [1.54, 1.807) is 0 Å². The molecule has 0 aromatic carbocycles. The van der Waals surface area contributed by atoms with Crippen molar-refractivity contribution in [2.24, 2.45) is 11.8 Å². The third-order valence-electron chi connectivity index (χ3n) is 2.60. The Morgan fingerprint density at radius 3 is 2.08 bits per heavy atom. The Morgan fingerprint density at radius 1 is 1.25 bits per heavy atom. The first-order valence-corrected chi connectivity index (χ1v) is 5.12. The molecule has 0 spiro atoms. The molecule has 2 atom stereocenters. The molecule has 0 heterocycles. The van der Waals surface area contributed by atoms with E-state index >= 15 is 0 Å². The Labute approximate surface area is 77.2 Å². The average molecular weight is 172 g/mol. The van der Waals surface area contributed by atoms with Crippen molar-refractivity contribution in [2.75, 3.05) is 0 Å². The van der Waals surface area contributed by atoms with Crippen LogP contribution < -0.4 is 0 Å². The van der Waals surface area contributed by atoms with Crippen molar-refractivity contribution >= 4 is 0 Å². The van der Waals surface area contributed by atoms with Gasteiger partial charge in [-0.3, -0.25) is 0 Å². The summed E-state index contributed by atoms with van der Waals surface area (Å²) in [6.45, 7) is 10.6. The van der Waals surface area contributed by atoms with Crippen LogP contribution in [0.15, 0.2) is 0 Å². The van der Waals surface area contributed by atoms with Crippen LogP contribution in [-0.4, -0.2) is 10.7 Å². The van der Waals surface area contributed by atoms with E-state index in [-0.39, 0.29) is 0 Å². The zero-order valence-corrected chi connectivity index (χ0v) is 9.22. The second-order valence-corrected chi connectivity index (χ2v) is 4.64. The topological polar surface area (TPSA) is 20.2 Å². The molecular weight excluding hydrogens is 148 g/mol. The predicted octanol–water partition coefficient (Wildman–Crippen LogP) is 3.22. The van der Waals surface area contributed by atoms with Crippen molar-refractivity contribution in [3.8, 4) is 0 Å². The summed E-state index contributed by atoms with van der Waals surface area (Å²) in [7, 11) is 0. The van der Waals surface area contributed by atoms with Gasteiger partial charge < -0.3 is 5.11 Å². The fourth-order valence-corrected chi connectivity index (χ4v) is 1.77. The van der Waals surface area contributed by atoms with Crippen LogP contribution in [0.3, 0.4) is 0 Å². The minimum atomic E-state index is -0.468. The monoisotopic (exact) mass is 172 g/mol. The van der Waals surface area contributed by atoms with Crippen molar-refractivity contribution in [1.82, 2.24) is 0 Å². The van der Waals surface area contributed by atoms with Gasteiger partial charge in [-0.25, -0.2) is 0 Å². The Hall–Kier alpha value is -0.0400. The molecule has 0 radical (unpaired) electrons. The van der Waals surface area contributed by atoms with Crippen LogP contribution in [0.25, 0.3) is 0 Å². The van der Waals surface area contributed by atoms with Crippen molar-refractivity contribution in [2.45, 2.75) is 59.5 Å². The summed E-state index contributed by atoms with van der Waals surface area (Å²) in [5, 5.41) is 10.1. The summed E-state index contributed by atoms with van der Waals surface area (Å²) in [6, 6.07) is 0. The Bertz CT molecular complexity index is 116. The largest absolute Gasteiger partial charge is 0.390 e. The van der Waals surface area contributed by atoms with Crippen molar-refractivity contribution < 1.29 is 5.11 Å². The minimum Gasteiger partial charge on any atom is -0.390 e. The third-order valence-corrected chi connectivity index (χ3v) is 2.60. The highest BCUT2D eigenvalue weighted by Crippen LogP contribution is 2.27. The molecule has 1 heteroatoms. The lowest BCUT2D eigenvalue weighted by Crippen LogP contribution is -2.34. The zero-order chi connectivity index (χ0) is 9.78. The van der Waals surface area contributed by atoms with Crippen LogP contribution >= 0.6 is 0 Å². The lowest BCUT2D eigenvalue weighted by Gasteiger charge is -2.31. The highest BCUT2D eigenvalue weighted by Gasteiger charge is 2.27. The third kappa shape index (κ3) is 4.10. The van der Waals surface area contributed by atoms with Crippen LogP contribution in [0.2, 0.25) is 0 Å². The molecule has 0 amide bonds. The molecule has 0 saturated carbocycles. The summed E-state index contributed by atoms with van der Waals surface area (Å²) >= 11 is 0. The van der Waals surface area contributed by atoms with Gasteiger partial charge in [-0.1, -0.05) is 34.1 Å². The van der Waals surface area contributed by atoms with Gasteiger partial charge in [-0.05, 0) is 31.6 Å². The molecule has 0 aromatic heterocycles. The molecule has 0 aromatic rings. The number of aliphatic hydroxyl groups is 1. The first-order chi connectivity index (χ1) is 5.40. The highest BCUT2D eigenvalue weighted by molar-refractivity contribution is 4.79. The molecule has 0 bridgehead atoms. The first kappa shape index (κ1) is 12.0. The molecule has 12 heavy (non-hydrogen) atoms. The van der Waals surface area contributed by atoms with Crippen LogP contribution in [-0.2, 0) is 0 Å². The van der Waals surface area contributed by atoms with Crippen LogP contribution in [0, 0.1) is 11.8 Å². The van der Waals surface area contributed by atoms with Gasteiger partial charge in [0.15, 0.2) is 0 Å². The molecule has 0 saturated heterocycles. The molecular formula is C11H24O. The van der Waals surface area contributed by atoms with Gasteiger partial charge in [-0.2, -0.15) is 0 Å². The summed E-state index contributed by atoms with van der Waals surface area (Å²) in [6.07, 6.45) is 3.20. The summed E-state index contributed by atoms with van der Waals surface area (Å²) in [5.74, 6) is 1.00. The van der Waals surface area contributed by atoms with E-state index in [0.717, 1.165) is 19.3 Å². The number of hydrogen-bond donors (Lipinski definition) is 1. The number of rotatable bonds is 5. The second-order valence-electron chi connectivity index (χ2n) is 4.64. The summed E-state index contributed by atoms with van der Waals surface area (Å²) < 4.78 is 0. The normalized spacial score (nSPS) is 19.2. The molecule has 1 nitrogen and oxygen atoms in total. The zero-order valence-electron chi connectivity index (χ0n) is 9.22. The summed E-state index contributed by atoms with van der Waals surface area (Å²) in [5.41, 5.74) is -0.468. The van der Waals surface area contributed by atoms with Crippen molar-refractivity contribution in [3.63, 3.8) is 0 Å². The Morgan fingerprint density at radius 2 is 1.75 bits per heavy atom. The van der Waals surface area contributed by atoms with E-state index in [9.17, 15) is 5.11 Å². The maximum Gasteiger partial charge on any atom is 0.0647 e. The highest BCUT2D eigenvalue weighted by atomic mass is 16.3. The Kier molecular flexibility index (Phi) is 4.84. The van der Waals surface area contributed by atoms with E-state index in [1.807, 2.05) is 6.92 Å². The van der Waals surface area contributed by atoms with E-state index in [0.29, 0.717) is 11.8 Å². The molecule has 1 N–H and O–H groups in total. The van der Waals surface area contributed by atoms with Crippen LogP contribution in [0.5, 0.6) is 0 Å². The minimum absolute atomic E-state index is 0.421. The number of hydrogen-bond acceptors (Lipinski definition) is 1. The lowest BCUT2D eigenvalue weighted by atomic mass is 9.81. The van der Waals surface area contributed by atoms with Crippen LogP contribution in [0.1, 0.15) is 53.9 Å². The van der Waals surface area contributed by atoms with Crippen molar-refractivity contribution in [3.05, 3.63) is 0 Å². The van der Waals surface area contributed by atoms with Gasteiger partial charge in [0.25, 0.3) is 0 Å². The van der Waals surface area contributed by atoms with Gasteiger partial charge in [-0.15, -0.1) is 0 Å². The molecule has 0 aliphatic rings. The van der Waals surface area contributed by atoms with Gasteiger partial charge >= 0.3 is 0 Å². The van der Waals surface area contributed by atoms with E-state index in [1.165, 1.54) is 0 Å². The lowest BCUT2D eigenvalue weighted by molar-refractivity contribution is -0.0154. The van der Waals surface area contributed by atoms with E-state index in [2.05, 4.69) is 27.7 Å². The fraction of sp³-hybridized carbons (Fsp3) is 1.00.